The van der Waals surface area contributed by atoms with Gasteiger partial charge in [0.05, 0.1) is 31.5 Å². The first-order chi connectivity index (χ1) is 16.7. The van der Waals surface area contributed by atoms with Crippen molar-refractivity contribution in [2.45, 2.75) is 50.7 Å². The molecule has 3 aromatic rings. The molecule has 6 nitrogen and oxygen atoms in total. The van der Waals surface area contributed by atoms with Crippen LogP contribution in [0.3, 0.4) is 0 Å². The maximum absolute atomic E-state index is 12.9. The number of hydrogen-bond donors (Lipinski definition) is 1. The first-order valence-corrected chi connectivity index (χ1v) is 11.5. The largest absolute Gasteiger partial charge is 0.453 e. The van der Waals surface area contributed by atoms with Crippen LogP contribution in [0.25, 0.3) is 0 Å². The predicted molar refractivity (Wildman–Crippen MR) is 127 cm³/mol. The average molecular weight is 463 g/mol. The molecular weight excluding hydrogens is 432 g/mol. The van der Waals surface area contributed by atoms with Crippen molar-refractivity contribution in [2.75, 3.05) is 6.61 Å². The van der Waals surface area contributed by atoms with Gasteiger partial charge in [-0.2, -0.15) is 0 Å². The summed E-state index contributed by atoms with van der Waals surface area (Å²) >= 11 is 0. The number of carbonyl (C=O) groups is 1. The van der Waals surface area contributed by atoms with Crippen LogP contribution in [0.2, 0.25) is 0 Å². The van der Waals surface area contributed by atoms with E-state index >= 15 is 0 Å². The Bertz CT molecular complexity index is 1010. The van der Waals surface area contributed by atoms with Gasteiger partial charge in [-0.25, -0.2) is 4.79 Å². The Labute approximate surface area is 200 Å². The van der Waals surface area contributed by atoms with Crippen LogP contribution in [-0.4, -0.2) is 48.2 Å². The summed E-state index contributed by atoms with van der Waals surface area (Å²) in [5.74, 6) is -0.460. The molecule has 1 aliphatic heterocycles. The van der Waals surface area contributed by atoms with Gasteiger partial charge in [-0.3, -0.25) is 0 Å². The highest BCUT2D eigenvalue weighted by Gasteiger charge is 2.47. The van der Waals surface area contributed by atoms with Gasteiger partial charge < -0.3 is 24.1 Å². The molecule has 0 aliphatic carbocycles. The molecular formula is C28H30O6. The molecule has 0 amide bonds. The van der Waals surface area contributed by atoms with Gasteiger partial charge in [-0.15, -0.1) is 0 Å². The first-order valence-electron chi connectivity index (χ1n) is 11.5. The van der Waals surface area contributed by atoms with E-state index in [1.807, 2.05) is 73.7 Å². The van der Waals surface area contributed by atoms with E-state index in [9.17, 15) is 9.90 Å². The molecule has 2 unspecified atom stereocenters. The second-order valence-corrected chi connectivity index (χ2v) is 8.32. The van der Waals surface area contributed by atoms with E-state index in [-0.39, 0.29) is 6.61 Å². The van der Waals surface area contributed by atoms with Gasteiger partial charge in [-0.05, 0) is 30.2 Å². The van der Waals surface area contributed by atoms with Crippen LogP contribution in [0, 0.1) is 0 Å². The van der Waals surface area contributed by atoms with Gasteiger partial charge in [0.1, 0.15) is 18.3 Å². The molecule has 5 atom stereocenters. The second kappa shape index (κ2) is 11.9. The monoisotopic (exact) mass is 462 g/mol. The lowest BCUT2D eigenvalue weighted by atomic mass is 9.94. The van der Waals surface area contributed by atoms with Crippen LogP contribution in [0.5, 0.6) is 0 Å². The van der Waals surface area contributed by atoms with E-state index in [1.54, 1.807) is 24.3 Å². The summed E-state index contributed by atoms with van der Waals surface area (Å²) in [4.78, 5) is 12.9. The quantitative estimate of drug-likeness (QED) is 0.482. The van der Waals surface area contributed by atoms with E-state index in [0.29, 0.717) is 18.8 Å². The van der Waals surface area contributed by atoms with Crippen LogP contribution < -0.4 is 0 Å². The summed E-state index contributed by atoms with van der Waals surface area (Å²) < 4.78 is 24.5. The molecule has 1 fully saturated rings. The highest BCUT2D eigenvalue weighted by Crippen LogP contribution is 2.30. The minimum absolute atomic E-state index is 0.242. The van der Waals surface area contributed by atoms with Crippen molar-refractivity contribution in [3.05, 3.63) is 108 Å². The Kier molecular flexibility index (Phi) is 8.44. The number of esters is 1. The molecule has 178 valence electrons. The average Bonchev–Trinajstić information content (AvgIpc) is 2.89. The highest BCUT2D eigenvalue weighted by molar-refractivity contribution is 5.89. The van der Waals surface area contributed by atoms with E-state index in [2.05, 4.69) is 0 Å². The molecule has 1 saturated heterocycles. The predicted octanol–water partition coefficient (Wildman–Crippen LogP) is 4.16. The van der Waals surface area contributed by atoms with E-state index in [4.69, 9.17) is 18.9 Å². The van der Waals surface area contributed by atoms with Crippen molar-refractivity contribution in [1.29, 1.82) is 0 Å². The third-order valence-corrected chi connectivity index (χ3v) is 5.87. The van der Waals surface area contributed by atoms with Crippen molar-refractivity contribution in [3.8, 4) is 0 Å². The lowest BCUT2D eigenvalue weighted by molar-refractivity contribution is -0.253. The normalized spacial score (nSPS) is 24.5. The van der Waals surface area contributed by atoms with Crippen LogP contribution in [0.15, 0.2) is 91.0 Å². The Hall–Kier alpha value is -3.03. The Balaban J connectivity index is 1.57. The van der Waals surface area contributed by atoms with Gasteiger partial charge in [-0.1, -0.05) is 78.9 Å². The molecule has 1 heterocycles. The number of aliphatic hydroxyl groups excluding tert-OH is 1. The van der Waals surface area contributed by atoms with Crippen molar-refractivity contribution in [3.63, 3.8) is 0 Å². The molecule has 0 saturated carbocycles. The Morgan fingerprint density at radius 3 is 1.79 bits per heavy atom. The Morgan fingerprint density at radius 2 is 1.26 bits per heavy atom. The maximum Gasteiger partial charge on any atom is 0.338 e. The molecule has 1 aliphatic rings. The standard InChI is InChI=1S/C28H30O6/c1-20-25(34-28(30)23-15-9-4-10-16-23)27(32-19-22-13-7-3-8-14-22)26(24(17-29)33-20)31-18-21-11-5-2-6-12-21/h2-16,20,24-27,29H,17-19H2,1H3/t20-,24?,25?,26+,27-/m0/s1. The molecule has 3 aromatic carbocycles. The number of aliphatic hydroxyl groups is 1. The van der Waals surface area contributed by atoms with Gasteiger partial charge >= 0.3 is 5.97 Å². The number of ether oxygens (including phenoxy) is 4. The summed E-state index contributed by atoms with van der Waals surface area (Å²) in [6, 6.07) is 28.3. The molecule has 0 spiro atoms. The van der Waals surface area contributed by atoms with Crippen molar-refractivity contribution in [2.24, 2.45) is 0 Å². The van der Waals surface area contributed by atoms with Crippen LogP contribution in [0.4, 0.5) is 0 Å². The van der Waals surface area contributed by atoms with Crippen molar-refractivity contribution in [1.82, 2.24) is 0 Å². The molecule has 0 radical (unpaired) electrons. The van der Waals surface area contributed by atoms with Gasteiger partial charge in [0.2, 0.25) is 0 Å². The molecule has 34 heavy (non-hydrogen) atoms. The van der Waals surface area contributed by atoms with Gasteiger partial charge in [0.15, 0.2) is 6.10 Å². The van der Waals surface area contributed by atoms with Crippen LogP contribution in [0.1, 0.15) is 28.4 Å². The van der Waals surface area contributed by atoms with E-state index in [0.717, 1.165) is 11.1 Å². The van der Waals surface area contributed by atoms with Crippen LogP contribution in [-0.2, 0) is 32.2 Å². The number of carbonyl (C=O) groups excluding carboxylic acids is 1. The lowest BCUT2D eigenvalue weighted by Gasteiger charge is -2.44. The highest BCUT2D eigenvalue weighted by atomic mass is 16.6. The van der Waals surface area contributed by atoms with Gasteiger partial charge in [0.25, 0.3) is 0 Å². The zero-order valence-corrected chi connectivity index (χ0v) is 19.2. The third-order valence-electron chi connectivity index (χ3n) is 5.87. The summed E-state index contributed by atoms with van der Waals surface area (Å²) in [5, 5.41) is 10.1. The summed E-state index contributed by atoms with van der Waals surface area (Å²) in [5.41, 5.74) is 2.41. The SMILES string of the molecule is C[C@@H]1OC(CO)[C@@H](OCc2ccccc2)[C@@H](OCc2ccccc2)C1OC(=O)c1ccccc1. The summed E-state index contributed by atoms with van der Waals surface area (Å²) in [7, 11) is 0. The maximum atomic E-state index is 12.9. The summed E-state index contributed by atoms with van der Waals surface area (Å²) in [6.07, 6.45) is -3.12. The first kappa shape index (κ1) is 24.1. The minimum atomic E-state index is -0.722. The molecule has 0 aromatic heterocycles. The third kappa shape index (κ3) is 6.10. The zero-order chi connectivity index (χ0) is 23.8. The van der Waals surface area contributed by atoms with Gasteiger partial charge in [0, 0.05) is 0 Å². The number of rotatable bonds is 9. The molecule has 4 rings (SSSR count). The van der Waals surface area contributed by atoms with Crippen molar-refractivity contribution < 1.29 is 28.8 Å². The van der Waals surface area contributed by atoms with E-state index in [1.165, 1.54) is 0 Å². The second-order valence-electron chi connectivity index (χ2n) is 8.32. The fourth-order valence-corrected chi connectivity index (χ4v) is 4.10. The Morgan fingerprint density at radius 1 is 0.765 bits per heavy atom. The molecule has 0 bridgehead atoms. The molecule has 1 N–H and O–H groups in total. The fourth-order valence-electron chi connectivity index (χ4n) is 4.10. The zero-order valence-electron chi connectivity index (χ0n) is 19.2. The fraction of sp³-hybridized carbons (Fsp3) is 0.321. The van der Waals surface area contributed by atoms with Crippen LogP contribution >= 0.6 is 0 Å². The summed E-state index contributed by atoms with van der Waals surface area (Å²) in [6.45, 7) is 2.19. The number of hydrogen-bond acceptors (Lipinski definition) is 6. The van der Waals surface area contributed by atoms with Crippen molar-refractivity contribution >= 4 is 5.97 Å². The smallest absolute Gasteiger partial charge is 0.338 e. The topological polar surface area (TPSA) is 74.2 Å². The van der Waals surface area contributed by atoms with E-state index < -0.39 is 36.5 Å². The number of benzene rings is 3. The lowest BCUT2D eigenvalue weighted by Crippen LogP contribution is -2.60. The minimum Gasteiger partial charge on any atom is -0.453 e. The molecule has 6 heteroatoms.